The molecule has 0 aliphatic heterocycles. The first-order chi connectivity index (χ1) is 27.2. The Hall–Kier alpha value is -4.08. The molecule has 4 aromatic carbocycles. The van der Waals surface area contributed by atoms with Gasteiger partial charge in [0.05, 0.1) is 10.7 Å². The lowest BCUT2D eigenvalue weighted by Gasteiger charge is -2.32. The Kier molecular flexibility index (Phi) is 13.3. The van der Waals surface area contributed by atoms with Gasteiger partial charge in [0, 0.05) is 38.0 Å². The molecule has 0 fully saturated rings. The third-order valence-electron chi connectivity index (χ3n) is 11.1. The van der Waals surface area contributed by atoms with Gasteiger partial charge in [0.25, 0.3) is 0 Å². The molecule has 0 radical (unpaired) electrons. The number of carbonyl (C=O) groups excluding carboxylic acids is 2. The molecule has 0 aromatic heterocycles. The summed E-state index contributed by atoms with van der Waals surface area (Å²) in [6.07, 6.45) is -0.236. The number of esters is 1. The van der Waals surface area contributed by atoms with Gasteiger partial charge in [0.2, 0.25) is 0 Å². The third-order valence-corrected chi connectivity index (χ3v) is 13.5. The molecule has 1 amide bonds. The molecule has 9 heteroatoms. The van der Waals surface area contributed by atoms with Crippen LogP contribution < -0.4 is 5.32 Å². The van der Waals surface area contributed by atoms with Crippen molar-refractivity contribution in [2.45, 2.75) is 151 Å². The number of rotatable bonds is 12. The van der Waals surface area contributed by atoms with Crippen LogP contribution in [0.5, 0.6) is 11.5 Å². The molecule has 0 spiro atoms. The molecule has 1 aliphatic carbocycles. The van der Waals surface area contributed by atoms with Crippen molar-refractivity contribution in [3.8, 4) is 22.6 Å². The van der Waals surface area contributed by atoms with Crippen LogP contribution in [-0.2, 0) is 35.9 Å². The molecular formula is C50H65NO6S2. The Morgan fingerprint density at radius 2 is 1.05 bits per heavy atom. The number of hydrogen-bond acceptors (Lipinski definition) is 8. The van der Waals surface area contributed by atoms with Crippen LogP contribution in [0.1, 0.15) is 143 Å². The van der Waals surface area contributed by atoms with E-state index in [9.17, 15) is 19.8 Å². The number of phenolic OH excluding ortho intramolecular Hbond substituents is 2. The molecule has 0 saturated carbocycles. The summed E-state index contributed by atoms with van der Waals surface area (Å²) >= 11 is 3.50. The van der Waals surface area contributed by atoms with E-state index in [4.69, 9.17) is 9.47 Å². The van der Waals surface area contributed by atoms with E-state index in [0.717, 1.165) is 54.3 Å². The van der Waals surface area contributed by atoms with E-state index < -0.39 is 23.5 Å². The van der Waals surface area contributed by atoms with Crippen LogP contribution in [0.25, 0.3) is 11.1 Å². The van der Waals surface area contributed by atoms with Crippen LogP contribution in [0, 0.1) is 0 Å². The topological polar surface area (TPSA) is 105 Å². The number of hydrogen-bond donors (Lipinski definition) is 3. The van der Waals surface area contributed by atoms with Crippen LogP contribution >= 0.6 is 23.5 Å². The first-order valence-corrected chi connectivity index (χ1v) is 22.2. The van der Waals surface area contributed by atoms with Crippen LogP contribution in [0.2, 0.25) is 0 Å². The zero-order valence-electron chi connectivity index (χ0n) is 37.5. The zero-order valence-corrected chi connectivity index (χ0v) is 39.2. The highest BCUT2D eigenvalue weighted by Gasteiger charge is 2.34. The van der Waals surface area contributed by atoms with Gasteiger partial charge in [-0.25, -0.2) is 9.59 Å². The number of aromatic hydroxyl groups is 2. The summed E-state index contributed by atoms with van der Waals surface area (Å²) in [6, 6.07) is 23.8. The summed E-state index contributed by atoms with van der Waals surface area (Å²) in [5.41, 5.74) is 6.63. The minimum absolute atomic E-state index is 0.0860. The van der Waals surface area contributed by atoms with E-state index >= 15 is 0 Å². The van der Waals surface area contributed by atoms with Crippen LogP contribution in [-0.4, -0.2) is 45.6 Å². The summed E-state index contributed by atoms with van der Waals surface area (Å²) in [5, 5.41) is 25.8. The number of nitrogens with one attached hydrogen (secondary N) is 1. The fraction of sp³-hybridized carbons (Fsp3) is 0.480. The lowest BCUT2D eigenvalue weighted by atomic mass is 9.77. The van der Waals surface area contributed by atoms with E-state index in [0.29, 0.717) is 12.2 Å². The van der Waals surface area contributed by atoms with Gasteiger partial charge in [-0.2, -0.15) is 0 Å². The molecular weight excluding hydrogens is 775 g/mol. The normalized spacial score (nSPS) is 14.1. The summed E-state index contributed by atoms with van der Waals surface area (Å²) in [5.74, 6) is -0.0308. The second kappa shape index (κ2) is 17.1. The van der Waals surface area contributed by atoms with Crippen molar-refractivity contribution < 1.29 is 29.3 Å². The number of ether oxygens (including phenoxy) is 2. The number of phenols is 2. The molecule has 1 aliphatic rings. The molecule has 0 bridgehead atoms. The first-order valence-electron chi connectivity index (χ1n) is 20.6. The van der Waals surface area contributed by atoms with Crippen LogP contribution in [0.3, 0.4) is 0 Å². The maximum atomic E-state index is 13.1. The maximum Gasteiger partial charge on any atom is 0.407 e. The van der Waals surface area contributed by atoms with Gasteiger partial charge in [-0.15, -0.1) is 23.5 Å². The van der Waals surface area contributed by atoms with Gasteiger partial charge in [-0.05, 0) is 95.4 Å². The van der Waals surface area contributed by atoms with E-state index in [1.165, 1.54) is 0 Å². The first kappa shape index (κ1) is 46.0. The van der Waals surface area contributed by atoms with Gasteiger partial charge in [-0.1, -0.05) is 125 Å². The summed E-state index contributed by atoms with van der Waals surface area (Å²) in [4.78, 5) is 28.1. The standard InChI is InChI=1S/C50H65NO6S2/c1-30(51-45(55)57-29-37-35-21-17-15-19-33(35)34-20-16-18-22-36(34)37)44(54)56-24-23-49(11,12)41-28-32(27-40(43(41)53)48(8,9)10)59-50(13,14)58-31-25-38(46(2,3)4)42(52)39(26-31)47(5,6)7/h15-22,25-28,30,37,52-53H,23-24,29H2,1-14H3,(H,51,55)/t30-/m0/s1. The fourth-order valence-electron chi connectivity index (χ4n) is 7.70. The Morgan fingerprint density at radius 1 is 0.644 bits per heavy atom. The number of alkyl carbamates (subject to hydrolysis) is 1. The minimum atomic E-state index is -0.915. The number of benzene rings is 4. The quantitative estimate of drug-likeness (QED) is 0.0736. The van der Waals surface area contributed by atoms with Gasteiger partial charge in [-0.3, -0.25) is 0 Å². The Balaban J connectivity index is 1.25. The highest BCUT2D eigenvalue weighted by Crippen LogP contribution is 2.51. The fourth-order valence-corrected chi connectivity index (χ4v) is 10.3. The minimum Gasteiger partial charge on any atom is -0.507 e. The lowest BCUT2D eigenvalue weighted by molar-refractivity contribution is -0.146. The third kappa shape index (κ3) is 10.8. The zero-order chi connectivity index (χ0) is 43.9. The SMILES string of the molecule is C[C@H](NC(=O)OCC1c2ccccc2-c2ccccc21)C(=O)OCCC(C)(C)c1cc(SC(C)(C)Sc2cc(C(C)(C)C)c(O)c(C(C)(C)C)c2)cc(C(C)(C)C)c1O. The number of thioether (sulfide) groups is 2. The molecule has 318 valence electrons. The van der Waals surface area contributed by atoms with Gasteiger partial charge in [0.15, 0.2) is 0 Å². The van der Waals surface area contributed by atoms with Crippen LogP contribution in [0.4, 0.5) is 4.79 Å². The van der Waals surface area contributed by atoms with Crippen molar-refractivity contribution in [3.63, 3.8) is 0 Å². The maximum absolute atomic E-state index is 13.1. The molecule has 0 unspecified atom stereocenters. The predicted octanol–water partition coefficient (Wildman–Crippen LogP) is 12.7. The molecule has 0 heterocycles. The van der Waals surface area contributed by atoms with E-state index in [1.807, 2.05) is 38.1 Å². The number of fused-ring (bicyclic) bond motifs is 3. The van der Waals surface area contributed by atoms with Gasteiger partial charge < -0.3 is 25.0 Å². The van der Waals surface area contributed by atoms with Crippen molar-refractivity contribution in [1.82, 2.24) is 5.32 Å². The second-order valence-electron chi connectivity index (χ2n) is 20.1. The Morgan fingerprint density at radius 3 is 1.49 bits per heavy atom. The largest absolute Gasteiger partial charge is 0.507 e. The van der Waals surface area contributed by atoms with Crippen molar-refractivity contribution in [3.05, 3.63) is 106 Å². The van der Waals surface area contributed by atoms with E-state index in [1.54, 1.807) is 30.4 Å². The molecule has 1 atom stereocenters. The van der Waals surface area contributed by atoms with Gasteiger partial charge in [0.1, 0.15) is 24.1 Å². The second-order valence-corrected chi connectivity index (χ2v) is 23.7. The highest BCUT2D eigenvalue weighted by molar-refractivity contribution is 8.18. The summed E-state index contributed by atoms with van der Waals surface area (Å²) in [7, 11) is 0. The van der Waals surface area contributed by atoms with Crippen molar-refractivity contribution >= 4 is 35.6 Å². The molecule has 5 rings (SSSR count). The number of amides is 1. The lowest BCUT2D eigenvalue weighted by Crippen LogP contribution is -2.40. The Bertz CT molecular complexity index is 2110. The van der Waals surface area contributed by atoms with Crippen LogP contribution in [0.15, 0.2) is 82.6 Å². The highest BCUT2D eigenvalue weighted by atomic mass is 32.2. The molecule has 0 saturated heterocycles. The molecule has 59 heavy (non-hydrogen) atoms. The molecule has 4 aromatic rings. The monoisotopic (exact) mass is 839 g/mol. The van der Waals surface area contributed by atoms with Crippen molar-refractivity contribution in [1.29, 1.82) is 0 Å². The summed E-state index contributed by atoms with van der Waals surface area (Å²) < 4.78 is 11.0. The Labute approximate surface area is 361 Å². The van der Waals surface area contributed by atoms with Crippen molar-refractivity contribution in [2.75, 3.05) is 13.2 Å². The molecule has 7 nitrogen and oxygen atoms in total. The van der Waals surface area contributed by atoms with E-state index in [2.05, 4.69) is 130 Å². The smallest absolute Gasteiger partial charge is 0.407 e. The average Bonchev–Trinajstić information content (AvgIpc) is 3.43. The average molecular weight is 840 g/mol. The predicted molar refractivity (Wildman–Crippen MR) is 244 cm³/mol. The summed E-state index contributed by atoms with van der Waals surface area (Å²) in [6.45, 7) is 29.4. The number of carbonyl (C=O) groups is 2. The van der Waals surface area contributed by atoms with E-state index in [-0.39, 0.29) is 45.2 Å². The molecule has 3 N–H and O–H groups in total. The van der Waals surface area contributed by atoms with Crippen molar-refractivity contribution in [2.24, 2.45) is 0 Å². The van der Waals surface area contributed by atoms with Gasteiger partial charge >= 0.3 is 12.1 Å².